The number of carbonyl (C=O) groups is 2. The Kier molecular flexibility index (Phi) is 7.39. The Bertz CT molecular complexity index is 699. The van der Waals surface area contributed by atoms with Crippen LogP contribution < -0.4 is 4.90 Å². The van der Waals surface area contributed by atoms with Crippen LogP contribution in [0.15, 0.2) is 60.7 Å². The lowest BCUT2D eigenvalue weighted by Crippen LogP contribution is -2.36. The van der Waals surface area contributed by atoms with Gasteiger partial charge in [-0.05, 0) is 38.0 Å². The summed E-state index contributed by atoms with van der Waals surface area (Å²) in [6.07, 6.45) is 1.32. The van der Waals surface area contributed by atoms with Gasteiger partial charge in [-0.2, -0.15) is 0 Å². The van der Waals surface area contributed by atoms with Crippen molar-refractivity contribution in [3.05, 3.63) is 66.2 Å². The van der Waals surface area contributed by atoms with Crippen LogP contribution in [0.25, 0.3) is 0 Å². The van der Waals surface area contributed by atoms with Gasteiger partial charge in [-0.1, -0.05) is 48.5 Å². The van der Waals surface area contributed by atoms with Crippen molar-refractivity contribution in [3.8, 4) is 0 Å². The van der Waals surface area contributed by atoms with E-state index in [0.717, 1.165) is 11.3 Å². The van der Waals surface area contributed by atoms with Crippen molar-refractivity contribution < 1.29 is 9.59 Å². The van der Waals surface area contributed by atoms with Crippen molar-refractivity contribution >= 4 is 17.5 Å². The van der Waals surface area contributed by atoms with Gasteiger partial charge in [-0.3, -0.25) is 9.59 Å². The molecule has 0 radical (unpaired) electrons. The highest BCUT2D eigenvalue weighted by Crippen LogP contribution is 2.15. The van der Waals surface area contributed by atoms with Gasteiger partial charge in [0.2, 0.25) is 11.8 Å². The molecule has 0 spiro atoms. The van der Waals surface area contributed by atoms with Gasteiger partial charge < -0.3 is 9.80 Å². The summed E-state index contributed by atoms with van der Waals surface area (Å²) in [5.41, 5.74) is 1.99. The van der Waals surface area contributed by atoms with Crippen LogP contribution in [0.5, 0.6) is 0 Å². The summed E-state index contributed by atoms with van der Waals surface area (Å²) in [5, 5.41) is 0. The summed E-state index contributed by atoms with van der Waals surface area (Å²) in [5.74, 6) is 0.127. The van der Waals surface area contributed by atoms with E-state index in [2.05, 4.69) is 0 Å². The molecule has 4 nitrogen and oxygen atoms in total. The Morgan fingerprint density at radius 3 is 1.96 bits per heavy atom. The first kappa shape index (κ1) is 19.7. The lowest BCUT2D eigenvalue weighted by Gasteiger charge is -2.27. The summed E-state index contributed by atoms with van der Waals surface area (Å²) in [6, 6.07) is 19.7. The average Bonchev–Trinajstić information content (AvgIpc) is 2.66. The van der Waals surface area contributed by atoms with E-state index < -0.39 is 0 Å². The van der Waals surface area contributed by atoms with E-state index >= 15 is 0 Å². The lowest BCUT2D eigenvalue weighted by atomic mass is 10.1. The van der Waals surface area contributed by atoms with Crippen LogP contribution in [0.4, 0.5) is 5.69 Å². The van der Waals surface area contributed by atoms with Crippen molar-refractivity contribution in [2.24, 2.45) is 0 Å². The summed E-state index contributed by atoms with van der Waals surface area (Å²) >= 11 is 0. The molecule has 2 rings (SSSR count). The number of hydrogen-bond acceptors (Lipinski definition) is 2. The maximum Gasteiger partial charge on any atom is 0.226 e. The van der Waals surface area contributed by atoms with Gasteiger partial charge in [-0.15, -0.1) is 0 Å². The molecular weight excluding hydrogens is 324 g/mol. The Balaban J connectivity index is 1.85. The molecule has 138 valence electrons. The van der Waals surface area contributed by atoms with Crippen molar-refractivity contribution in [2.45, 2.75) is 45.7 Å². The van der Waals surface area contributed by atoms with E-state index in [0.29, 0.717) is 25.8 Å². The van der Waals surface area contributed by atoms with Crippen LogP contribution in [-0.4, -0.2) is 29.8 Å². The second kappa shape index (κ2) is 9.76. The summed E-state index contributed by atoms with van der Waals surface area (Å²) in [6.45, 7) is 4.65. The second-order valence-corrected chi connectivity index (χ2v) is 6.74. The predicted octanol–water partition coefficient (Wildman–Crippen LogP) is 4.26. The van der Waals surface area contributed by atoms with Crippen molar-refractivity contribution in [3.63, 3.8) is 0 Å². The summed E-state index contributed by atoms with van der Waals surface area (Å²) in [4.78, 5) is 28.5. The van der Waals surface area contributed by atoms with Gasteiger partial charge in [0.25, 0.3) is 0 Å². The third-order valence-corrected chi connectivity index (χ3v) is 4.44. The first-order chi connectivity index (χ1) is 12.5. The minimum absolute atomic E-state index is 0.0307. The average molecular weight is 352 g/mol. The Morgan fingerprint density at radius 1 is 0.846 bits per heavy atom. The molecule has 4 heteroatoms. The van der Waals surface area contributed by atoms with Gasteiger partial charge in [-0.25, -0.2) is 0 Å². The molecule has 0 saturated heterocycles. The van der Waals surface area contributed by atoms with Crippen molar-refractivity contribution in [1.82, 2.24) is 4.90 Å². The second-order valence-electron chi connectivity index (χ2n) is 6.74. The van der Waals surface area contributed by atoms with E-state index in [1.807, 2.05) is 79.4 Å². The molecule has 0 bridgehead atoms. The topological polar surface area (TPSA) is 40.6 Å². The van der Waals surface area contributed by atoms with Gasteiger partial charge in [0.05, 0.1) is 0 Å². The van der Waals surface area contributed by atoms with Gasteiger partial charge in [0.1, 0.15) is 0 Å². The van der Waals surface area contributed by atoms with E-state index in [4.69, 9.17) is 0 Å². The number of nitrogens with zero attached hydrogens (tertiary/aromatic N) is 2. The van der Waals surface area contributed by atoms with E-state index in [9.17, 15) is 9.59 Å². The van der Waals surface area contributed by atoms with Crippen LogP contribution in [0, 0.1) is 0 Å². The van der Waals surface area contributed by atoms with Crippen LogP contribution in [0.1, 0.15) is 38.7 Å². The molecule has 26 heavy (non-hydrogen) atoms. The molecule has 0 saturated carbocycles. The SMILES string of the molecule is CC(C)N(Cc1ccccc1)C(=O)CCCC(=O)N(C)c1ccccc1. The van der Waals surface area contributed by atoms with Crippen LogP contribution in [0.2, 0.25) is 0 Å². The maximum absolute atomic E-state index is 12.6. The van der Waals surface area contributed by atoms with Gasteiger partial charge in [0, 0.05) is 38.2 Å². The quantitative estimate of drug-likeness (QED) is 0.712. The first-order valence-electron chi connectivity index (χ1n) is 9.14. The number of hydrogen-bond donors (Lipinski definition) is 0. The monoisotopic (exact) mass is 352 g/mol. The molecule has 2 aromatic carbocycles. The zero-order valence-electron chi connectivity index (χ0n) is 15.9. The number of benzene rings is 2. The Labute approximate surface area is 156 Å². The minimum Gasteiger partial charge on any atom is -0.336 e. The minimum atomic E-state index is 0.0307. The van der Waals surface area contributed by atoms with E-state index in [1.165, 1.54) is 0 Å². The van der Waals surface area contributed by atoms with Crippen LogP contribution in [-0.2, 0) is 16.1 Å². The zero-order valence-corrected chi connectivity index (χ0v) is 15.9. The van der Waals surface area contributed by atoms with Crippen LogP contribution >= 0.6 is 0 Å². The van der Waals surface area contributed by atoms with Crippen molar-refractivity contribution in [2.75, 3.05) is 11.9 Å². The van der Waals surface area contributed by atoms with Crippen LogP contribution in [0.3, 0.4) is 0 Å². The molecule has 0 N–H and O–H groups in total. The number of rotatable bonds is 8. The molecule has 0 unspecified atom stereocenters. The zero-order chi connectivity index (χ0) is 18.9. The number of amides is 2. The van der Waals surface area contributed by atoms with Crippen molar-refractivity contribution in [1.29, 1.82) is 0 Å². The number of anilines is 1. The maximum atomic E-state index is 12.6. The molecule has 2 amide bonds. The summed E-state index contributed by atoms with van der Waals surface area (Å²) < 4.78 is 0. The molecule has 0 aliphatic carbocycles. The molecule has 0 heterocycles. The fraction of sp³-hybridized carbons (Fsp3) is 0.364. The first-order valence-corrected chi connectivity index (χ1v) is 9.14. The number of carbonyl (C=O) groups excluding carboxylic acids is 2. The molecule has 0 aliphatic heterocycles. The van der Waals surface area contributed by atoms with Gasteiger partial charge >= 0.3 is 0 Å². The fourth-order valence-corrected chi connectivity index (χ4v) is 2.84. The highest BCUT2D eigenvalue weighted by molar-refractivity contribution is 5.93. The predicted molar refractivity (Wildman–Crippen MR) is 106 cm³/mol. The normalized spacial score (nSPS) is 10.6. The summed E-state index contributed by atoms with van der Waals surface area (Å²) in [7, 11) is 1.77. The largest absolute Gasteiger partial charge is 0.336 e. The molecule has 0 aliphatic rings. The van der Waals surface area contributed by atoms with Gasteiger partial charge in [0.15, 0.2) is 0 Å². The van der Waals surface area contributed by atoms with E-state index in [1.54, 1.807) is 11.9 Å². The molecule has 0 atom stereocenters. The molecule has 2 aromatic rings. The van der Waals surface area contributed by atoms with E-state index in [-0.39, 0.29) is 17.9 Å². The smallest absolute Gasteiger partial charge is 0.226 e. The highest BCUT2D eigenvalue weighted by atomic mass is 16.2. The lowest BCUT2D eigenvalue weighted by molar-refractivity contribution is -0.133. The Hall–Kier alpha value is -2.62. The molecular formula is C22H28N2O2. The highest BCUT2D eigenvalue weighted by Gasteiger charge is 2.18. The fourth-order valence-electron chi connectivity index (χ4n) is 2.84. The standard InChI is InChI=1S/C22H28N2O2/c1-18(2)24(17-19-11-6-4-7-12-19)22(26)16-10-15-21(25)23(3)20-13-8-5-9-14-20/h4-9,11-14,18H,10,15-17H2,1-3H3. The third kappa shape index (κ3) is 5.73. The molecule has 0 fully saturated rings. The molecule has 0 aromatic heterocycles. The Morgan fingerprint density at radius 2 is 1.38 bits per heavy atom. The third-order valence-electron chi connectivity index (χ3n) is 4.44. The number of para-hydroxylation sites is 1.